The second kappa shape index (κ2) is 5.08. The summed E-state index contributed by atoms with van der Waals surface area (Å²) in [6.07, 6.45) is 1.71. The summed E-state index contributed by atoms with van der Waals surface area (Å²) in [7, 11) is 0. The van der Waals surface area contributed by atoms with Crippen LogP contribution in [-0.2, 0) is 15.6 Å². The maximum atomic E-state index is 13.2. The summed E-state index contributed by atoms with van der Waals surface area (Å²) in [5.41, 5.74) is 2.03. The van der Waals surface area contributed by atoms with Crippen LogP contribution in [0.25, 0.3) is 11.0 Å². The van der Waals surface area contributed by atoms with Crippen LogP contribution in [0.5, 0.6) is 0 Å². The van der Waals surface area contributed by atoms with E-state index in [1.807, 2.05) is 6.92 Å². The quantitative estimate of drug-likeness (QED) is 0.843. The van der Waals surface area contributed by atoms with Gasteiger partial charge in [-0.2, -0.15) is 0 Å². The number of carbonyl (C=O) groups excluding carboxylic acids is 1. The van der Waals surface area contributed by atoms with Crippen LogP contribution in [0.2, 0.25) is 10.0 Å². The number of nitrogens with zero attached hydrogens (tertiary/aromatic N) is 2. The van der Waals surface area contributed by atoms with Gasteiger partial charge in [0.1, 0.15) is 0 Å². The van der Waals surface area contributed by atoms with E-state index in [2.05, 4.69) is 26.1 Å². The van der Waals surface area contributed by atoms with Crippen molar-refractivity contribution in [3.05, 3.63) is 33.6 Å². The van der Waals surface area contributed by atoms with Gasteiger partial charge in [-0.15, -0.1) is 0 Å². The fourth-order valence-corrected chi connectivity index (χ4v) is 5.23. The molecule has 1 fully saturated rings. The lowest BCUT2D eigenvalue weighted by atomic mass is 9.63. The number of aromatic nitrogens is 2. The number of benzene rings is 1. The van der Waals surface area contributed by atoms with Gasteiger partial charge in [0.15, 0.2) is 0 Å². The molecule has 0 aliphatic heterocycles. The molecule has 0 spiro atoms. The van der Waals surface area contributed by atoms with Crippen LogP contribution < -0.4 is 5.32 Å². The molecule has 2 aliphatic carbocycles. The molecule has 1 aromatic carbocycles. The minimum Gasteiger partial charge on any atom is -0.356 e. The average Bonchev–Trinajstić information content (AvgIpc) is 2.84. The SMILES string of the molecule is CCNC(=O)C12CCC(C)(c3nc4cc(Cl)c(Cl)cc4nc31)C2(C)C. The number of amides is 1. The van der Waals surface area contributed by atoms with Crippen LogP contribution in [0.3, 0.4) is 0 Å². The van der Waals surface area contributed by atoms with Crippen LogP contribution in [-0.4, -0.2) is 22.4 Å². The van der Waals surface area contributed by atoms with Crippen LogP contribution >= 0.6 is 23.2 Å². The first-order valence-corrected chi connectivity index (χ1v) is 9.40. The van der Waals surface area contributed by atoms with Crippen molar-refractivity contribution in [2.45, 2.75) is 51.4 Å². The first-order valence-electron chi connectivity index (χ1n) is 8.65. The lowest BCUT2D eigenvalue weighted by Gasteiger charge is -2.39. The van der Waals surface area contributed by atoms with Crippen LogP contribution in [0, 0.1) is 5.41 Å². The first kappa shape index (κ1) is 17.0. The Morgan fingerprint density at radius 3 is 2.20 bits per heavy atom. The molecule has 25 heavy (non-hydrogen) atoms. The summed E-state index contributed by atoms with van der Waals surface area (Å²) >= 11 is 12.3. The zero-order chi connectivity index (χ0) is 18.2. The molecular weight excluding hydrogens is 357 g/mol. The summed E-state index contributed by atoms with van der Waals surface area (Å²) in [5, 5.41) is 3.95. The summed E-state index contributed by atoms with van der Waals surface area (Å²) in [6.45, 7) is 9.09. The Balaban J connectivity index is 2.06. The maximum Gasteiger partial charge on any atom is 0.232 e. The molecule has 1 saturated carbocycles. The predicted molar refractivity (Wildman–Crippen MR) is 100 cm³/mol. The number of halogens is 2. The molecule has 1 N–H and O–H groups in total. The molecule has 1 heterocycles. The minimum absolute atomic E-state index is 0.0520. The third-order valence-corrected chi connectivity index (χ3v) is 7.53. The van der Waals surface area contributed by atoms with E-state index in [1.54, 1.807) is 12.1 Å². The molecule has 2 bridgehead atoms. The average molecular weight is 378 g/mol. The monoisotopic (exact) mass is 377 g/mol. The summed E-state index contributed by atoms with van der Waals surface area (Å²) in [4.78, 5) is 23.0. The highest BCUT2D eigenvalue weighted by Crippen LogP contribution is 2.70. The van der Waals surface area contributed by atoms with Gasteiger partial charge in [-0.1, -0.05) is 44.0 Å². The van der Waals surface area contributed by atoms with Gasteiger partial charge in [-0.3, -0.25) is 4.79 Å². The standard InChI is InChI=1S/C19H21Cl2N3O/c1-5-22-16(25)19-7-6-18(4,17(19,2)3)14-15(19)24-13-9-11(21)10(20)8-12(13)23-14/h8-9H,5-7H2,1-4H3,(H,22,25). The van der Waals surface area contributed by atoms with Crippen molar-refractivity contribution in [3.63, 3.8) is 0 Å². The van der Waals surface area contributed by atoms with Crippen molar-refractivity contribution in [1.29, 1.82) is 0 Å². The fourth-order valence-electron chi connectivity index (χ4n) is 4.91. The Kier molecular flexibility index (Phi) is 3.46. The van der Waals surface area contributed by atoms with Gasteiger partial charge in [0.25, 0.3) is 0 Å². The lowest BCUT2D eigenvalue weighted by molar-refractivity contribution is -0.130. The molecule has 2 unspecified atom stereocenters. The van der Waals surface area contributed by atoms with Gasteiger partial charge in [0.05, 0.1) is 37.9 Å². The first-order chi connectivity index (χ1) is 11.7. The third kappa shape index (κ3) is 1.82. The summed E-state index contributed by atoms with van der Waals surface area (Å²) in [5.74, 6) is 0.0520. The number of likely N-dealkylation sites (N-methyl/N-ethyl adjacent to an activating group) is 1. The molecular formula is C19H21Cl2N3O. The Morgan fingerprint density at radius 1 is 1.08 bits per heavy atom. The van der Waals surface area contributed by atoms with E-state index in [0.29, 0.717) is 22.1 Å². The van der Waals surface area contributed by atoms with Crippen molar-refractivity contribution in [2.24, 2.45) is 5.41 Å². The number of fused-ring (bicyclic) bond motifs is 6. The van der Waals surface area contributed by atoms with Gasteiger partial charge in [0, 0.05) is 12.0 Å². The van der Waals surface area contributed by atoms with Crippen molar-refractivity contribution in [3.8, 4) is 0 Å². The molecule has 4 rings (SSSR count). The predicted octanol–water partition coefficient (Wildman–Crippen LogP) is 4.40. The van der Waals surface area contributed by atoms with E-state index in [4.69, 9.17) is 33.2 Å². The number of carbonyl (C=O) groups is 1. The van der Waals surface area contributed by atoms with Crippen LogP contribution in [0.4, 0.5) is 0 Å². The van der Waals surface area contributed by atoms with E-state index in [1.165, 1.54) is 0 Å². The van der Waals surface area contributed by atoms with E-state index < -0.39 is 5.41 Å². The third-order valence-electron chi connectivity index (χ3n) is 6.80. The lowest BCUT2D eigenvalue weighted by Crippen LogP contribution is -2.51. The highest BCUT2D eigenvalue weighted by atomic mass is 35.5. The van der Waals surface area contributed by atoms with Gasteiger partial charge < -0.3 is 5.32 Å². The number of rotatable bonds is 2. The molecule has 0 saturated heterocycles. The van der Waals surface area contributed by atoms with E-state index in [9.17, 15) is 4.79 Å². The zero-order valence-corrected chi connectivity index (χ0v) is 16.3. The minimum atomic E-state index is -0.652. The van der Waals surface area contributed by atoms with Crippen LogP contribution in [0.1, 0.15) is 51.9 Å². The molecule has 1 amide bonds. The molecule has 6 heteroatoms. The van der Waals surface area contributed by atoms with Crippen molar-refractivity contribution >= 4 is 40.1 Å². The smallest absolute Gasteiger partial charge is 0.232 e. The van der Waals surface area contributed by atoms with Gasteiger partial charge in [-0.25, -0.2) is 9.97 Å². The number of hydrogen-bond donors (Lipinski definition) is 1. The Labute approximate surface area is 157 Å². The van der Waals surface area contributed by atoms with Crippen molar-refractivity contribution < 1.29 is 4.79 Å². The molecule has 2 aliphatic rings. The maximum absolute atomic E-state index is 13.2. The normalized spacial score (nSPS) is 29.0. The molecule has 2 aromatic rings. The highest BCUT2D eigenvalue weighted by molar-refractivity contribution is 6.42. The van der Waals surface area contributed by atoms with E-state index in [0.717, 1.165) is 29.7 Å². The zero-order valence-electron chi connectivity index (χ0n) is 14.8. The van der Waals surface area contributed by atoms with Gasteiger partial charge >= 0.3 is 0 Å². The molecule has 2 atom stereocenters. The number of hydrogen-bond acceptors (Lipinski definition) is 3. The van der Waals surface area contributed by atoms with E-state index >= 15 is 0 Å². The second-order valence-electron chi connectivity index (χ2n) is 7.90. The van der Waals surface area contributed by atoms with Crippen molar-refractivity contribution in [2.75, 3.05) is 6.54 Å². The second-order valence-corrected chi connectivity index (χ2v) is 8.71. The topological polar surface area (TPSA) is 54.9 Å². The molecule has 4 nitrogen and oxygen atoms in total. The fraction of sp³-hybridized carbons (Fsp3) is 0.526. The largest absolute Gasteiger partial charge is 0.356 e. The van der Waals surface area contributed by atoms with Gasteiger partial charge in [-0.05, 0) is 37.3 Å². The van der Waals surface area contributed by atoms with E-state index in [-0.39, 0.29) is 16.7 Å². The molecule has 0 radical (unpaired) electrons. The highest BCUT2D eigenvalue weighted by Gasteiger charge is 2.73. The van der Waals surface area contributed by atoms with Gasteiger partial charge in [0.2, 0.25) is 5.91 Å². The Morgan fingerprint density at radius 2 is 1.64 bits per heavy atom. The summed E-state index contributed by atoms with van der Waals surface area (Å²) < 4.78 is 0. The van der Waals surface area contributed by atoms with Crippen molar-refractivity contribution in [1.82, 2.24) is 15.3 Å². The summed E-state index contributed by atoms with van der Waals surface area (Å²) in [6, 6.07) is 3.49. The Hall–Kier alpha value is -1.39. The number of nitrogens with one attached hydrogen (secondary N) is 1. The molecule has 1 aromatic heterocycles. The Bertz CT molecular complexity index is 927. The van der Waals surface area contributed by atoms with Crippen LogP contribution in [0.15, 0.2) is 12.1 Å². The molecule has 132 valence electrons.